The Kier molecular flexibility index (Phi) is 5.11. The first-order valence-corrected chi connectivity index (χ1v) is 6.91. The van der Waals surface area contributed by atoms with Crippen molar-refractivity contribution in [2.75, 3.05) is 36.9 Å². The summed E-state index contributed by atoms with van der Waals surface area (Å²) in [4.78, 5) is 14.8. The smallest absolute Gasteiger partial charge is 0.276 e. The standard InChI is InChI=1S/C13H20N4O3/c1-2-14-12-6-11(17(18)19)7-13(16-12)15-8-10-4-3-5-20-9-10/h6-7,10H,2-5,8-9H2,1H3,(H2,14,15,16). The van der Waals surface area contributed by atoms with Gasteiger partial charge in [0.1, 0.15) is 11.6 Å². The van der Waals surface area contributed by atoms with Gasteiger partial charge in [0.25, 0.3) is 5.69 Å². The quantitative estimate of drug-likeness (QED) is 0.613. The molecule has 1 atom stereocenters. The Hall–Kier alpha value is -1.89. The molecule has 0 radical (unpaired) electrons. The number of nitrogens with zero attached hydrogens (tertiary/aromatic N) is 2. The van der Waals surface area contributed by atoms with E-state index in [-0.39, 0.29) is 5.69 Å². The minimum Gasteiger partial charge on any atom is -0.381 e. The predicted octanol–water partition coefficient (Wildman–Crippen LogP) is 2.26. The number of hydrogen-bond donors (Lipinski definition) is 2. The molecule has 0 spiro atoms. The van der Waals surface area contributed by atoms with Crippen molar-refractivity contribution in [1.82, 2.24) is 4.98 Å². The molecule has 110 valence electrons. The summed E-state index contributed by atoms with van der Waals surface area (Å²) in [6, 6.07) is 2.91. The molecule has 7 nitrogen and oxygen atoms in total. The van der Waals surface area contributed by atoms with Gasteiger partial charge in [-0.15, -0.1) is 0 Å². The number of aromatic nitrogens is 1. The summed E-state index contributed by atoms with van der Waals surface area (Å²) in [5.41, 5.74) is 0.0401. The highest BCUT2D eigenvalue weighted by atomic mass is 16.6. The highest BCUT2D eigenvalue weighted by molar-refractivity contribution is 5.54. The lowest BCUT2D eigenvalue weighted by Crippen LogP contribution is -2.24. The van der Waals surface area contributed by atoms with Crippen LogP contribution in [0.15, 0.2) is 12.1 Å². The van der Waals surface area contributed by atoms with Crippen LogP contribution in [0, 0.1) is 16.0 Å². The zero-order valence-electron chi connectivity index (χ0n) is 11.6. The first-order valence-electron chi connectivity index (χ1n) is 6.91. The van der Waals surface area contributed by atoms with Gasteiger partial charge in [-0.1, -0.05) is 0 Å². The van der Waals surface area contributed by atoms with Gasteiger partial charge >= 0.3 is 0 Å². The van der Waals surface area contributed by atoms with Crippen molar-refractivity contribution in [3.05, 3.63) is 22.2 Å². The molecule has 1 aromatic heterocycles. The number of ether oxygens (including phenoxy) is 1. The average molecular weight is 280 g/mol. The lowest BCUT2D eigenvalue weighted by molar-refractivity contribution is -0.384. The molecule has 1 aliphatic heterocycles. The fourth-order valence-corrected chi connectivity index (χ4v) is 2.20. The molecule has 2 N–H and O–H groups in total. The van der Waals surface area contributed by atoms with Crippen molar-refractivity contribution in [3.63, 3.8) is 0 Å². The third-order valence-corrected chi connectivity index (χ3v) is 3.21. The minimum atomic E-state index is -0.405. The maximum Gasteiger partial charge on any atom is 0.276 e. The molecule has 20 heavy (non-hydrogen) atoms. The molecule has 0 saturated carbocycles. The summed E-state index contributed by atoms with van der Waals surface area (Å²) in [5, 5.41) is 17.1. The number of nitrogens with one attached hydrogen (secondary N) is 2. The van der Waals surface area contributed by atoms with Gasteiger partial charge in [0, 0.05) is 19.7 Å². The van der Waals surface area contributed by atoms with Gasteiger partial charge in [0.05, 0.1) is 23.7 Å². The molecule has 1 aromatic rings. The zero-order valence-corrected chi connectivity index (χ0v) is 11.6. The minimum absolute atomic E-state index is 0.0401. The SMILES string of the molecule is CCNc1cc([N+](=O)[O-])cc(NCC2CCCOC2)n1. The van der Waals surface area contributed by atoms with Crippen LogP contribution in [-0.2, 0) is 4.74 Å². The molecule has 1 saturated heterocycles. The van der Waals surface area contributed by atoms with Crippen molar-refractivity contribution in [2.24, 2.45) is 5.92 Å². The summed E-state index contributed by atoms with van der Waals surface area (Å²) in [6.45, 7) is 4.88. The molecular formula is C13H20N4O3. The van der Waals surface area contributed by atoms with Gasteiger partial charge in [-0.2, -0.15) is 0 Å². The van der Waals surface area contributed by atoms with E-state index in [0.717, 1.165) is 32.6 Å². The van der Waals surface area contributed by atoms with E-state index in [9.17, 15) is 10.1 Å². The van der Waals surface area contributed by atoms with Gasteiger partial charge in [-0.3, -0.25) is 10.1 Å². The highest BCUT2D eigenvalue weighted by Gasteiger charge is 2.15. The Bertz CT molecular complexity index is 461. The Morgan fingerprint density at radius 1 is 1.45 bits per heavy atom. The second-order valence-electron chi connectivity index (χ2n) is 4.85. The van der Waals surface area contributed by atoms with Crippen LogP contribution in [0.5, 0.6) is 0 Å². The maximum atomic E-state index is 10.9. The van der Waals surface area contributed by atoms with Crippen LogP contribution in [-0.4, -0.2) is 36.2 Å². The summed E-state index contributed by atoms with van der Waals surface area (Å²) in [6.07, 6.45) is 2.18. The van der Waals surface area contributed by atoms with Crippen molar-refractivity contribution in [1.29, 1.82) is 0 Å². The van der Waals surface area contributed by atoms with Crippen LogP contribution in [0.2, 0.25) is 0 Å². The fourth-order valence-electron chi connectivity index (χ4n) is 2.20. The van der Waals surface area contributed by atoms with Crippen LogP contribution in [0.3, 0.4) is 0 Å². The Labute approximate surface area is 117 Å². The van der Waals surface area contributed by atoms with E-state index >= 15 is 0 Å². The number of pyridine rings is 1. The maximum absolute atomic E-state index is 10.9. The molecule has 0 amide bonds. The molecule has 2 rings (SSSR count). The summed E-state index contributed by atoms with van der Waals surface area (Å²) >= 11 is 0. The summed E-state index contributed by atoms with van der Waals surface area (Å²) in [5.74, 6) is 1.48. The molecule has 1 aliphatic rings. The largest absolute Gasteiger partial charge is 0.381 e. The fraction of sp³-hybridized carbons (Fsp3) is 0.615. The van der Waals surface area contributed by atoms with Crippen LogP contribution < -0.4 is 10.6 Å². The molecule has 0 aromatic carbocycles. The van der Waals surface area contributed by atoms with Crippen LogP contribution >= 0.6 is 0 Å². The Morgan fingerprint density at radius 3 is 2.80 bits per heavy atom. The molecule has 1 unspecified atom stereocenters. The van der Waals surface area contributed by atoms with Gasteiger partial charge in [0.2, 0.25) is 0 Å². The van der Waals surface area contributed by atoms with Crippen molar-refractivity contribution < 1.29 is 9.66 Å². The van der Waals surface area contributed by atoms with Gasteiger partial charge in [0.15, 0.2) is 0 Å². The average Bonchev–Trinajstić information content (AvgIpc) is 2.46. The first-order chi connectivity index (χ1) is 9.69. The lowest BCUT2D eigenvalue weighted by Gasteiger charge is -2.22. The number of rotatable bonds is 6. The van der Waals surface area contributed by atoms with Gasteiger partial charge in [-0.25, -0.2) is 4.98 Å². The van der Waals surface area contributed by atoms with Crippen LogP contribution in [0.4, 0.5) is 17.3 Å². The van der Waals surface area contributed by atoms with Gasteiger partial charge < -0.3 is 15.4 Å². The van der Waals surface area contributed by atoms with Crippen molar-refractivity contribution in [3.8, 4) is 0 Å². The normalized spacial score (nSPS) is 18.6. The number of nitro groups is 1. The Morgan fingerprint density at radius 2 is 2.20 bits per heavy atom. The van der Waals surface area contributed by atoms with E-state index in [1.54, 1.807) is 0 Å². The van der Waals surface area contributed by atoms with Gasteiger partial charge in [-0.05, 0) is 25.7 Å². The number of hydrogen-bond acceptors (Lipinski definition) is 6. The van der Waals surface area contributed by atoms with Crippen molar-refractivity contribution in [2.45, 2.75) is 19.8 Å². The molecule has 0 bridgehead atoms. The van der Waals surface area contributed by atoms with Crippen LogP contribution in [0.1, 0.15) is 19.8 Å². The van der Waals surface area contributed by atoms with E-state index in [1.807, 2.05) is 6.92 Å². The topological polar surface area (TPSA) is 89.3 Å². The third-order valence-electron chi connectivity index (χ3n) is 3.21. The molecule has 0 aliphatic carbocycles. The summed E-state index contributed by atoms with van der Waals surface area (Å²) < 4.78 is 5.41. The molecule has 1 fully saturated rings. The Balaban J connectivity index is 2.03. The van der Waals surface area contributed by atoms with E-state index in [1.165, 1.54) is 12.1 Å². The predicted molar refractivity (Wildman–Crippen MR) is 77.1 cm³/mol. The lowest BCUT2D eigenvalue weighted by atomic mass is 10.0. The first kappa shape index (κ1) is 14.5. The zero-order chi connectivity index (χ0) is 14.4. The van der Waals surface area contributed by atoms with Crippen molar-refractivity contribution >= 4 is 17.3 Å². The summed E-state index contributed by atoms with van der Waals surface area (Å²) in [7, 11) is 0. The highest BCUT2D eigenvalue weighted by Crippen LogP contribution is 2.21. The second kappa shape index (κ2) is 7.04. The molecular weight excluding hydrogens is 260 g/mol. The second-order valence-corrected chi connectivity index (χ2v) is 4.85. The van der Waals surface area contributed by atoms with E-state index in [4.69, 9.17) is 4.74 Å². The molecule has 7 heteroatoms. The third kappa shape index (κ3) is 4.06. The molecule has 2 heterocycles. The van der Waals surface area contributed by atoms with Crippen LogP contribution in [0.25, 0.3) is 0 Å². The van der Waals surface area contributed by atoms with E-state index in [0.29, 0.717) is 24.1 Å². The monoisotopic (exact) mass is 280 g/mol. The van der Waals surface area contributed by atoms with E-state index < -0.39 is 4.92 Å². The number of anilines is 2. The van der Waals surface area contributed by atoms with E-state index in [2.05, 4.69) is 15.6 Å².